The van der Waals surface area contributed by atoms with Gasteiger partial charge in [0.2, 0.25) is 0 Å². The van der Waals surface area contributed by atoms with Gasteiger partial charge in [0.05, 0.1) is 17.7 Å². The van der Waals surface area contributed by atoms with Crippen molar-refractivity contribution >= 4 is 28.1 Å². The smallest absolute Gasteiger partial charge is 0.407 e. The number of amides is 1. The second-order valence-corrected chi connectivity index (χ2v) is 6.99. The van der Waals surface area contributed by atoms with Crippen LogP contribution in [0.2, 0.25) is 0 Å². The van der Waals surface area contributed by atoms with E-state index in [4.69, 9.17) is 15.2 Å². The predicted molar refractivity (Wildman–Crippen MR) is 110 cm³/mol. The second-order valence-electron chi connectivity index (χ2n) is 6.46. The van der Waals surface area contributed by atoms with Crippen molar-refractivity contribution in [2.75, 3.05) is 6.54 Å². The predicted octanol–water partition coefficient (Wildman–Crippen LogP) is 1.44. The molecule has 0 saturated carbocycles. The molecule has 1 aromatic carbocycles. The minimum atomic E-state index is -0.685. The lowest BCUT2D eigenvalue weighted by molar-refractivity contribution is -0.0000901. The summed E-state index contributed by atoms with van der Waals surface area (Å²) < 4.78 is 12.4. The average Bonchev–Trinajstić information content (AvgIpc) is 3.11. The number of carbonyl (C=O) groups excluding carboxylic acids is 1. The summed E-state index contributed by atoms with van der Waals surface area (Å²) >= 11 is 3.11. The summed E-state index contributed by atoms with van der Waals surface area (Å²) in [4.78, 5) is 40.0. The van der Waals surface area contributed by atoms with Gasteiger partial charge in [0.1, 0.15) is 12.8 Å². The molecule has 3 rings (SSSR count). The van der Waals surface area contributed by atoms with Gasteiger partial charge >= 0.3 is 11.8 Å². The van der Waals surface area contributed by atoms with Gasteiger partial charge in [0.15, 0.2) is 0 Å². The fraction of sp³-hybridized carbons (Fsp3) is 0.316. The molecule has 2 aromatic rings. The molecule has 4 N–H and O–H groups in total. The number of hydrogen-bond donors (Lipinski definition) is 3. The number of aromatic nitrogens is 2. The van der Waals surface area contributed by atoms with Crippen molar-refractivity contribution in [2.24, 2.45) is 5.73 Å². The maximum absolute atomic E-state index is 12.2. The number of carbonyl (C=O) groups is 1. The molecule has 0 radical (unpaired) electrons. The normalized spacial score (nSPS) is 21.4. The highest BCUT2D eigenvalue weighted by atomic mass is 79.9. The first-order valence-corrected chi connectivity index (χ1v) is 9.88. The SMILES string of the molecule is NC[C@H]1O[C@@H](n2cc(/C=C/Br)c(=O)[nH]c2=O)C[C@@H]1NC(=O)OCc1ccccc1. The van der Waals surface area contributed by atoms with Crippen molar-refractivity contribution in [2.45, 2.75) is 31.4 Å². The van der Waals surface area contributed by atoms with Gasteiger partial charge in [-0.25, -0.2) is 9.59 Å². The molecule has 1 amide bonds. The molecule has 154 valence electrons. The van der Waals surface area contributed by atoms with E-state index in [1.54, 1.807) is 0 Å². The van der Waals surface area contributed by atoms with Gasteiger partial charge in [-0.1, -0.05) is 46.3 Å². The average molecular weight is 465 g/mol. The first-order valence-electron chi connectivity index (χ1n) is 8.96. The lowest BCUT2D eigenvalue weighted by atomic mass is 10.1. The fourth-order valence-corrected chi connectivity index (χ4v) is 3.37. The van der Waals surface area contributed by atoms with Crippen LogP contribution in [0.5, 0.6) is 0 Å². The summed E-state index contributed by atoms with van der Waals surface area (Å²) in [5, 5.41) is 2.75. The van der Waals surface area contributed by atoms with Crippen molar-refractivity contribution in [3.8, 4) is 0 Å². The first kappa shape index (κ1) is 21.0. The number of nitrogens with one attached hydrogen (secondary N) is 2. The van der Waals surface area contributed by atoms with Crippen LogP contribution in [-0.2, 0) is 16.1 Å². The third-order valence-electron chi connectivity index (χ3n) is 4.53. The first-order chi connectivity index (χ1) is 14.0. The number of H-pyrrole nitrogens is 1. The minimum absolute atomic E-state index is 0.137. The number of nitrogens with zero attached hydrogens (tertiary/aromatic N) is 1. The standard InChI is InChI=1S/C19H21BrN4O5/c20-7-6-13-10-24(18(26)23-17(13)25)16-8-14(15(9-21)29-16)22-19(27)28-11-12-4-2-1-3-5-12/h1-7,10,14-16H,8-9,11,21H2,(H,22,27)(H,23,25,26)/b7-6+/t14-,15+,16+/m0/s1. The van der Waals surface area contributed by atoms with Gasteiger partial charge in [0.25, 0.3) is 5.56 Å². The molecular formula is C19H21BrN4O5. The second kappa shape index (κ2) is 9.68. The number of aromatic amines is 1. The van der Waals surface area contributed by atoms with Crippen molar-refractivity contribution in [3.05, 3.63) is 73.5 Å². The number of hydrogen-bond acceptors (Lipinski definition) is 6. The van der Waals surface area contributed by atoms with Gasteiger partial charge < -0.3 is 20.5 Å². The third kappa shape index (κ3) is 5.22. The summed E-state index contributed by atoms with van der Waals surface area (Å²) in [6, 6.07) is 8.86. The summed E-state index contributed by atoms with van der Waals surface area (Å²) in [6.07, 6.45) is 1.44. The van der Waals surface area contributed by atoms with Crippen LogP contribution in [0.15, 0.2) is 51.1 Å². The van der Waals surface area contributed by atoms with Crippen molar-refractivity contribution in [3.63, 3.8) is 0 Å². The molecule has 0 bridgehead atoms. The molecule has 10 heteroatoms. The molecule has 2 heterocycles. The molecule has 0 unspecified atom stereocenters. The Labute approximate surface area is 174 Å². The molecule has 1 aromatic heterocycles. The highest BCUT2D eigenvalue weighted by Crippen LogP contribution is 2.27. The van der Waals surface area contributed by atoms with E-state index in [0.29, 0.717) is 6.42 Å². The largest absolute Gasteiger partial charge is 0.445 e. The number of halogens is 1. The van der Waals surface area contributed by atoms with Crippen LogP contribution in [0.3, 0.4) is 0 Å². The zero-order valence-electron chi connectivity index (χ0n) is 15.4. The van der Waals surface area contributed by atoms with E-state index < -0.39 is 35.7 Å². The monoisotopic (exact) mass is 464 g/mol. The maximum Gasteiger partial charge on any atom is 0.407 e. The summed E-state index contributed by atoms with van der Waals surface area (Å²) in [7, 11) is 0. The Hall–Kier alpha value is -2.69. The number of ether oxygens (including phenoxy) is 2. The van der Waals surface area contributed by atoms with Crippen molar-refractivity contribution < 1.29 is 14.3 Å². The summed E-state index contributed by atoms with van der Waals surface area (Å²) in [5.41, 5.74) is 5.81. The van der Waals surface area contributed by atoms with Gasteiger partial charge in [-0.05, 0) is 16.6 Å². The van der Waals surface area contributed by atoms with Crippen LogP contribution in [0.4, 0.5) is 4.79 Å². The van der Waals surface area contributed by atoms with E-state index in [2.05, 4.69) is 26.2 Å². The minimum Gasteiger partial charge on any atom is -0.445 e. The number of nitrogens with two attached hydrogens (primary N) is 1. The van der Waals surface area contributed by atoms with Crippen LogP contribution in [0, 0.1) is 0 Å². The molecule has 9 nitrogen and oxygen atoms in total. The van der Waals surface area contributed by atoms with Gasteiger partial charge in [-0.2, -0.15) is 0 Å². The van der Waals surface area contributed by atoms with E-state index in [1.165, 1.54) is 21.8 Å². The summed E-state index contributed by atoms with van der Waals surface area (Å²) in [5.74, 6) is 0. The lowest BCUT2D eigenvalue weighted by Gasteiger charge is -2.17. The van der Waals surface area contributed by atoms with Crippen LogP contribution in [0.1, 0.15) is 23.8 Å². The number of rotatable bonds is 6. The van der Waals surface area contributed by atoms with Crippen LogP contribution in [-0.4, -0.2) is 34.3 Å². The highest BCUT2D eigenvalue weighted by Gasteiger charge is 2.37. The molecule has 1 aliphatic heterocycles. The van der Waals surface area contributed by atoms with E-state index in [9.17, 15) is 14.4 Å². The molecule has 1 aliphatic rings. The van der Waals surface area contributed by atoms with Crippen molar-refractivity contribution in [1.29, 1.82) is 0 Å². The molecule has 1 saturated heterocycles. The zero-order chi connectivity index (χ0) is 20.8. The maximum atomic E-state index is 12.2. The van der Waals surface area contributed by atoms with Crippen LogP contribution < -0.4 is 22.3 Å². The molecular weight excluding hydrogens is 444 g/mol. The molecule has 1 fully saturated rings. The highest BCUT2D eigenvalue weighted by molar-refractivity contribution is 9.11. The Morgan fingerprint density at radius 1 is 1.38 bits per heavy atom. The number of benzene rings is 1. The molecule has 29 heavy (non-hydrogen) atoms. The fourth-order valence-electron chi connectivity index (χ4n) is 3.09. The van der Waals surface area contributed by atoms with Gasteiger partial charge in [-0.15, -0.1) is 0 Å². The Morgan fingerprint density at radius 2 is 2.14 bits per heavy atom. The van der Waals surface area contributed by atoms with Crippen molar-refractivity contribution in [1.82, 2.24) is 14.9 Å². The van der Waals surface area contributed by atoms with E-state index in [-0.39, 0.29) is 18.7 Å². The molecule has 0 spiro atoms. The zero-order valence-corrected chi connectivity index (χ0v) is 17.0. The number of alkyl carbamates (subject to hydrolysis) is 1. The Balaban J connectivity index is 1.68. The van der Waals surface area contributed by atoms with E-state index in [1.807, 2.05) is 30.3 Å². The van der Waals surface area contributed by atoms with Gasteiger partial charge in [-0.3, -0.25) is 14.3 Å². The Morgan fingerprint density at radius 3 is 2.83 bits per heavy atom. The Kier molecular flexibility index (Phi) is 7.02. The lowest BCUT2D eigenvalue weighted by Crippen LogP contribution is -2.43. The van der Waals surface area contributed by atoms with Crippen LogP contribution in [0.25, 0.3) is 6.08 Å². The van der Waals surface area contributed by atoms with Gasteiger partial charge in [0, 0.05) is 19.2 Å². The Bertz CT molecular complexity index is 988. The third-order valence-corrected chi connectivity index (χ3v) is 4.80. The quantitative estimate of drug-likeness (QED) is 0.593. The molecule has 3 atom stereocenters. The molecule has 0 aliphatic carbocycles. The topological polar surface area (TPSA) is 128 Å². The van der Waals surface area contributed by atoms with E-state index in [0.717, 1.165) is 5.56 Å². The van der Waals surface area contributed by atoms with Crippen LogP contribution >= 0.6 is 15.9 Å². The summed E-state index contributed by atoms with van der Waals surface area (Å²) in [6.45, 7) is 0.283. The van der Waals surface area contributed by atoms with E-state index >= 15 is 0 Å².